The Hall–Kier alpha value is -1.81. The van der Waals surface area contributed by atoms with E-state index < -0.39 is 0 Å². The van der Waals surface area contributed by atoms with Gasteiger partial charge in [0.1, 0.15) is 0 Å². The number of hydrogen-bond acceptors (Lipinski definition) is 4. The molecule has 112 valence electrons. The summed E-state index contributed by atoms with van der Waals surface area (Å²) in [6.45, 7) is 8.77. The maximum Gasteiger partial charge on any atom is 0.206 e. The van der Waals surface area contributed by atoms with Crippen LogP contribution >= 0.6 is 11.3 Å². The maximum atomic E-state index is 12.7. The summed E-state index contributed by atoms with van der Waals surface area (Å²) in [5.74, 6) is 0.446. The molecular formula is C17H21NO2S. The molecular weight excluding hydrogens is 282 g/mol. The third-order valence-electron chi connectivity index (χ3n) is 3.15. The molecule has 4 heteroatoms. The fourth-order valence-electron chi connectivity index (χ4n) is 2.03. The molecule has 0 amide bonds. The van der Waals surface area contributed by atoms with Crippen LogP contribution in [0.25, 0.3) is 0 Å². The van der Waals surface area contributed by atoms with Crippen LogP contribution < -0.4 is 10.5 Å². The fraction of sp³-hybridized carbons (Fsp3) is 0.353. The predicted molar refractivity (Wildman–Crippen MR) is 88.5 cm³/mol. The van der Waals surface area contributed by atoms with Crippen molar-refractivity contribution in [3.63, 3.8) is 0 Å². The van der Waals surface area contributed by atoms with E-state index >= 15 is 0 Å². The second-order valence-electron chi connectivity index (χ2n) is 5.90. The smallest absolute Gasteiger partial charge is 0.206 e. The van der Waals surface area contributed by atoms with Crippen LogP contribution in [0, 0.1) is 0 Å². The molecule has 1 heterocycles. The van der Waals surface area contributed by atoms with Gasteiger partial charge in [-0.1, -0.05) is 26.8 Å². The number of hydrogen-bond donors (Lipinski definition) is 1. The quantitative estimate of drug-likeness (QED) is 0.678. The zero-order chi connectivity index (χ0) is 15.6. The molecule has 0 aliphatic rings. The Kier molecular flexibility index (Phi) is 4.37. The average molecular weight is 303 g/mol. The van der Waals surface area contributed by atoms with Gasteiger partial charge >= 0.3 is 0 Å². The van der Waals surface area contributed by atoms with Gasteiger partial charge in [0, 0.05) is 4.88 Å². The number of nitrogen functional groups attached to an aromatic ring is 1. The molecule has 0 unspecified atom stereocenters. The van der Waals surface area contributed by atoms with Crippen molar-refractivity contribution in [2.75, 3.05) is 12.3 Å². The summed E-state index contributed by atoms with van der Waals surface area (Å²) >= 11 is 1.53. The first-order chi connectivity index (χ1) is 9.84. The molecule has 0 aliphatic heterocycles. The first kappa shape index (κ1) is 15.6. The normalized spacial score (nSPS) is 11.4. The molecule has 1 aromatic heterocycles. The lowest BCUT2D eigenvalue weighted by molar-refractivity contribution is 0.103. The minimum atomic E-state index is -0.0359. The molecule has 0 aliphatic carbocycles. The average Bonchev–Trinajstić information content (AvgIpc) is 2.90. The summed E-state index contributed by atoms with van der Waals surface area (Å²) in [5, 5.41) is 0. The molecule has 0 bridgehead atoms. The van der Waals surface area contributed by atoms with E-state index in [1.807, 2.05) is 19.1 Å². The highest BCUT2D eigenvalue weighted by Gasteiger charge is 2.21. The van der Waals surface area contributed by atoms with Crippen LogP contribution in [0.3, 0.4) is 0 Å². The van der Waals surface area contributed by atoms with Gasteiger partial charge in [0.15, 0.2) is 5.75 Å². The minimum absolute atomic E-state index is 0.0359. The van der Waals surface area contributed by atoms with Gasteiger partial charge in [0.05, 0.1) is 22.7 Å². The van der Waals surface area contributed by atoms with E-state index in [0.29, 0.717) is 28.5 Å². The number of rotatable bonds is 4. The van der Waals surface area contributed by atoms with Crippen molar-refractivity contribution < 1.29 is 9.53 Å². The molecule has 0 saturated heterocycles. The first-order valence-corrected chi connectivity index (χ1v) is 7.82. The van der Waals surface area contributed by atoms with Crippen molar-refractivity contribution in [3.8, 4) is 5.75 Å². The number of anilines is 1. The Morgan fingerprint density at radius 3 is 2.52 bits per heavy atom. The zero-order valence-corrected chi connectivity index (χ0v) is 13.7. The number of thiophene rings is 1. The van der Waals surface area contributed by atoms with Crippen LogP contribution in [0.4, 0.5) is 5.69 Å². The first-order valence-electron chi connectivity index (χ1n) is 7.01. The van der Waals surface area contributed by atoms with Gasteiger partial charge in [0.25, 0.3) is 0 Å². The summed E-state index contributed by atoms with van der Waals surface area (Å²) in [6, 6.07) is 9.19. The lowest BCUT2D eigenvalue weighted by Crippen LogP contribution is -2.08. The zero-order valence-electron chi connectivity index (χ0n) is 12.9. The third kappa shape index (κ3) is 3.27. The van der Waals surface area contributed by atoms with Crippen molar-refractivity contribution in [3.05, 3.63) is 45.6 Å². The van der Waals surface area contributed by atoms with Gasteiger partial charge in [-0.2, -0.15) is 0 Å². The van der Waals surface area contributed by atoms with Crippen LogP contribution in [0.5, 0.6) is 5.75 Å². The minimum Gasteiger partial charge on any atom is -0.491 e. The van der Waals surface area contributed by atoms with E-state index in [1.54, 1.807) is 18.2 Å². The molecule has 1 aromatic carbocycles. The molecule has 2 N–H and O–H groups in total. The van der Waals surface area contributed by atoms with Crippen molar-refractivity contribution in [2.45, 2.75) is 33.1 Å². The number of ether oxygens (including phenoxy) is 1. The Morgan fingerprint density at radius 1 is 1.24 bits per heavy atom. The van der Waals surface area contributed by atoms with E-state index in [4.69, 9.17) is 10.5 Å². The number of para-hydroxylation sites is 1. The number of nitrogens with two attached hydrogens (primary N) is 1. The summed E-state index contributed by atoms with van der Waals surface area (Å²) in [6.07, 6.45) is 0. The molecule has 0 atom stereocenters. The highest BCUT2D eigenvalue weighted by molar-refractivity contribution is 7.14. The molecule has 0 radical (unpaired) electrons. The van der Waals surface area contributed by atoms with Gasteiger partial charge < -0.3 is 10.5 Å². The van der Waals surface area contributed by atoms with Gasteiger partial charge in [-0.3, -0.25) is 4.79 Å². The van der Waals surface area contributed by atoms with E-state index in [0.717, 1.165) is 0 Å². The highest BCUT2D eigenvalue weighted by atomic mass is 32.1. The molecule has 0 saturated carbocycles. The predicted octanol–water partition coefficient (Wildman–Crippen LogP) is 4.26. The van der Waals surface area contributed by atoms with E-state index in [1.165, 1.54) is 16.2 Å². The summed E-state index contributed by atoms with van der Waals surface area (Å²) in [5.41, 5.74) is 6.99. The van der Waals surface area contributed by atoms with Crippen LogP contribution in [-0.2, 0) is 5.41 Å². The number of carbonyl (C=O) groups excluding carboxylic acids is 1. The van der Waals surface area contributed by atoms with Crippen molar-refractivity contribution in [1.29, 1.82) is 0 Å². The van der Waals surface area contributed by atoms with E-state index in [9.17, 15) is 4.79 Å². The van der Waals surface area contributed by atoms with Crippen molar-refractivity contribution in [2.24, 2.45) is 0 Å². The second kappa shape index (κ2) is 5.90. The lowest BCUT2D eigenvalue weighted by Gasteiger charge is -2.15. The Bertz CT molecular complexity index is 653. The highest BCUT2D eigenvalue weighted by Crippen LogP contribution is 2.33. The van der Waals surface area contributed by atoms with Crippen LogP contribution in [-0.4, -0.2) is 12.4 Å². The fourth-order valence-corrected chi connectivity index (χ4v) is 3.05. The van der Waals surface area contributed by atoms with Gasteiger partial charge in [0.2, 0.25) is 5.78 Å². The standard InChI is InChI=1S/C17H21NO2S/c1-5-20-16-11(7-6-8-12(16)18)15(19)13-9-10-14(21-13)17(2,3)4/h6-10H,5,18H2,1-4H3. The lowest BCUT2D eigenvalue weighted by atomic mass is 9.95. The molecule has 0 spiro atoms. The largest absolute Gasteiger partial charge is 0.491 e. The third-order valence-corrected chi connectivity index (χ3v) is 4.66. The second-order valence-corrected chi connectivity index (χ2v) is 6.98. The molecule has 2 rings (SSSR count). The SMILES string of the molecule is CCOc1c(N)cccc1C(=O)c1ccc(C(C)(C)C)s1. The molecule has 2 aromatic rings. The van der Waals surface area contributed by atoms with Crippen LogP contribution in [0.15, 0.2) is 30.3 Å². The van der Waals surface area contributed by atoms with Crippen LogP contribution in [0.1, 0.15) is 47.8 Å². The van der Waals surface area contributed by atoms with Gasteiger partial charge in [-0.25, -0.2) is 0 Å². The van der Waals surface area contributed by atoms with Crippen LogP contribution in [0.2, 0.25) is 0 Å². The number of carbonyl (C=O) groups is 1. The monoisotopic (exact) mass is 303 g/mol. The van der Waals surface area contributed by atoms with Crippen molar-refractivity contribution >= 4 is 22.8 Å². The summed E-state index contributed by atoms with van der Waals surface area (Å²) < 4.78 is 5.54. The summed E-state index contributed by atoms with van der Waals surface area (Å²) in [7, 11) is 0. The van der Waals surface area contributed by atoms with Crippen molar-refractivity contribution in [1.82, 2.24) is 0 Å². The molecule has 21 heavy (non-hydrogen) atoms. The number of ketones is 1. The molecule has 0 fully saturated rings. The Balaban J connectivity index is 2.41. The van der Waals surface area contributed by atoms with Gasteiger partial charge in [-0.05, 0) is 36.6 Å². The maximum absolute atomic E-state index is 12.7. The Labute approximate surface area is 129 Å². The van der Waals surface area contributed by atoms with E-state index in [2.05, 4.69) is 20.8 Å². The molecule has 3 nitrogen and oxygen atoms in total. The summed E-state index contributed by atoms with van der Waals surface area (Å²) in [4.78, 5) is 14.6. The van der Waals surface area contributed by atoms with E-state index in [-0.39, 0.29) is 11.2 Å². The number of benzene rings is 1. The Morgan fingerprint density at radius 2 is 1.95 bits per heavy atom. The van der Waals surface area contributed by atoms with Gasteiger partial charge in [-0.15, -0.1) is 11.3 Å². The topological polar surface area (TPSA) is 52.3 Å².